The zero-order valence-corrected chi connectivity index (χ0v) is 14.7. The molecule has 0 bridgehead atoms. The number of hydrogen-bond donors (Lipinski definition) is 1. The van der Waals surface area contributed by atoms with Gasteiger partial charge in [-0.1, -0.05) is 24.0 Å². The molecule has 1 heterocycles. The first-order valence-corrected chi connectivity index (χ1v) is 8.85. The van der Waals surface area contributed by atoms with Gasteiger partial charge in [-0.15, -0.1) is 0 Å². The lowest BCUT2D eigenvalue weighted by atomic mass is 10.1. The Kier molecular flexibility index (Phi) is 6.51. The average Bonchev–Trinajstić information content (AvgIpc) is 2.55. The molecule has 0 saturated carbocycles. The zero-order chi connectivity index (χ0) is 15.9. The number of benzene rings is 1. The lowest BCUT2D eigenvalue weighted by molar-refractivity contribution is -0.113. The van der Waals surface area contributed by atoms with Crippen molar-refractivity contribution in [2.24, 2.45) is 0 Å². The van der Waals surface area contributed by atoms with Crippen molar-refractivity contribution in [3.63, 3.8) is 0 Å². The molecule has 0 aliphatic carbocycles. The van der Waals surface area contributed by atoms with Crippen LogP contribution in [0.25, 0.3) is 0 Å². The van der Waals surface area contributed by atoms with Gasteiger partial charge >= 0.3 is 0 Å². The summed E-state index contributed by atoms with van der Waals surface area (Å²) in [4.78, 5) is 14.3. The van der Waals surface area contributed by atoms with E-state index in [0.29, 0.717) is 5.75 Å². The fourth-order valence-electron chi connectivity index (χ4n) is 2.38. The number of hydrogen-bond acceptors (Lipinski definition) is 4. The van der Waals surface area contributed by atoms with Crippen molar-refractivity contribution in [1.29, 1.82) is 0 Å². The first kappa shape index (κ1) is 17.1. The van der Waals surface area contributed by atoms with Crippen LogP contribution in [-0.4, -0.2) is 41.1 Å². The van der Waals surface area contributed by atoms with Gasteiger partial charge in [0.2, 0.25) is 5.91 Å². The van der Waals surface area contributed by atoms with Crippen LogP contribution in [0.5, 0.6) is 5.75 Å². The van der Waals surface area contributed by atoms with Gasteiger partial charge in [-0.05, 0) is 49.9 Å². The number of piperidine rings is 1. The molecule has 6 heteroatoms. The topological polar surface area (TPSA) is 41.6 Å². The molecule has 1 aliphatic heterocycles. The molecular formula is C16H22N2O2S2. The molecule has 1 fully saturated rings. The average molecular weight is 338 g/mol. The zero-order valence-electron chi connectivity index (χ0n) is 13.1. The highest BCUT2D eigenvalue weighted by atomic mass is 32.2. The summed E-state index contributed by atoms with van der Waals surface area (Å²) in [5.74, 6) is 1.11. The number of amides is 1. The van der Waals surface area contributed by atoms with Gasteiger partial charge in [0.05, 0.1) is 12.9 Å². The Balaban J connectivity index is 1.81. The smallest absolute Gasteiger partial charge is 0.234 e. The molecular weight excluding hydrogens is 316 g/mol. The van der Waals surface area contributed by atoms with E-state index in [1.165, 1.54) is 31.0 Å². The third-order valence-electron chi connectivity index (χ3n) is 3.65. The standard InChI is InChI=1S/C16H22N2O2S2/c1-12-10-13(20-2)6-7-14(12)17-15(19)11-22-16(21)18-8-4-3-5-9-18/h6-7,10H,3-5,8-9,11H2,1-2H3,(H,17,19). The number of ether oxygens (including phenoxy) is 1. The Labute approximate surface area is 141 Å². The van der Waals surface area contributed by atoms with Crippen LogP contribution in [0.15, 0.2) is 18.2 Å². The molecule has 1 saturated heterocycles. The number of aryl methyl sites for hydroxylation is 1. The molecule has 0 unspecified atom stereocenters. The number of nitrogens with one attached hydrogen (secondary N) is 1. The van der Waals surface area contributed by atoms with E-state index in [4.69, 9.17) is 17.0 Å². The van der Waals surface area contributed by atoms with Crippen LogP contribution in [0.3, 0.4) is 0 Å². The fourth-order valence-corrected chi connectivity index (χ4v) is 3.44. The molecule has 1 aliphatic rings. The van der Waals surface area contributed by atoms with Gasteiger partial charge in [0.25, 0.3) is 0 Å². The van der Waals surface area contributed by atoms with Crippen LogP contribution in [0.2, 0.25) is 0 Å². The number of rotatable bonds is 4. The number of thiocarbonyl (C=S) groups is 1. The molecule has 4 nitrogen and oxygen atoms in total. The maximum atomic E-state index is 12.1. The predicted molar refractivity (Wildman–Crippen MR) is 96.8 cm³/mol. The van der Waals surface area contributed by atoms with Crippen LogP contribution < -0.4 is 10.1 Å². The SMILES string of the molecule is COc1ccc(NC(=O)CSC(=S)N2CCCCC2)c(C)c1. The second kappa shape index (κ2) is 8.39. The normalized spacial score (nSPS) is 14.5. The highest BCUT2D eigenvalue weighted by Gasteiger charge is 2.15. The Morgan fingerprint density at radius 3 is 2.73 bits per heavy atom. The molecule has 120 valence electrons. The maximum Gasteiger partial charge on any atom is 0.234 e. The summed E-state index contributed by atoms with van der Waals surface area (Å²) in [5.41, 5.74) is 1.80. The van der Waals surface area contributed by atoms with Crippen molar-refractivity contribution in [2.75, 3.05) is 31.3 Å². The van der Waals surface area contributed by atoms with Gasteiger partial charge in [-0.25, -0.2) is 0 Å². The predicted octanol–water partition coefficient (Wildman–Crippen LogP) is 3.45. The van der Waals surface area contributed by atoms with E-state index < -0.39 is 0 Å². The van der Waals surface area contributed by atoms with E-state index in [9.17, 15) is 4.79 Å². The number of thioether (sulfide) groups is 1. The highest BCUT2D eigenvalue weighted by Crippen LogP contribution is 2.22. The van der Waals surface area contributed by atoms with E-state index >= 15 is 0 Å². The second-order valence-corrected chi connectivity index (χ2v) is 6.94. The molecule has 1 N–H and O–H groups in total. The van der Waals surface area contributed by atoms with Crippen LogP contribution in [-0.2, 0) is 4.79 Å². The van der Waals surface area contributed by atoms with E-state index in [2.05, 4.69) is 10.2 Å². The Morgan fingerprint density at radius 2 is 2.09 bits per heavy atom. The molecule has 0 aromatic heterocycles. The van der Waals surface area contributed by atoms with Gasteiger partial charge in [-0.3, -0.25) is 4.79 Å². The summed E-state index contributed by atoms with van der Waals surface area (Å²) in [6.07, 6.45) is 3.66. The first-order valence-electron chi connectivity index (χ1n) is 7.46. The monoisotopic (exact) mass is 338 g/mol. The van der Waals surface area contributed by atoms with Crippen molar-refractivity contribution in [3.8, 4) is 5.75 Å². The number of likely N-dealkylation sites (tertiary alicyclic amines) is 1. The van der Waals surface area contributed by atoms with Gasteiger partial charge < -0.3 is 15.0 Å². The summed E-state index contributed by atoms with van der Waals surface area (Å²) < 4.78 is 6.00. The maximum absolute atomic E-state index is 12.1. The molecule has 0 radical (unpaired) electrons. The molecule has 1 aromatic rings. The minimum absolute atomic E-state index is 0.0300. The Morgan fingerprint density at radius 1 is 1.36 bits per heavy atom. The Bertz CT molecular complexity index is 543. The second-order valence-electron chi connectivity index (χ2n) is 5.33. The number of carbonyl (C=O) groups is 1. The van der Waals surface area contributed by atoms with Crippen LogP contribution >= 0.6 is 24.0 Å². The molecule has 1 amide bonds. The van der Waals surface area contributed by atoms with Crippen molar-refractivity contribution < 1.29 is 9.53 Å². The summed E-state index contributed by atoms with van der Waals surface area (Å²) in [7, 11) is 1.63. The van der Waals surface area contributed by atoms with Crippen molar-refractivity contribution in [1.82, 2.24) is 4.90 Å². The van der Waals surface area contributed by atoms with E-state index in [-0.39, 0.29) is 5.91 Å². The number of anilines is 1. The van der Waals surface area contributed by atoms with Crippen molar-refractivity contribution in [2.45, 2.75) is 26.2 Å². The van der Waals surface area contributed by atoms with E-state index in [0.717, 1.165) is 34.4 Å². The quantitative estimate of drug-likeness (QED) is 0.852. The lowest BCUT2D eigenvalue weighted by Crippen LogP contribution is -2.33. The third kappa shape index (κ3) is 4.88. The number of nitrogens with zero attached hydrogens (tertiary/aromatic N) is 1. The fraction of sp³-hybridized carbons (Fsp3) is 0.500. The van der Waals surface area contributed by atoms with Crippen LogP contribution in [0.1, 0.15) is 24.8 Å². The summed E-state index contributed by atoms with van der Waals surface area (Å²) in [6, 6.07) is 5.61. The minimum atomic E-state index is -0.0300. The summed E-state index contributed by atoms with van der Waals surface area (Å²) in [5, 5.41) is 2.93. The van der Waals surface area contributed by atoms with Crippen molar-refractivity contribution in [3.05, 3.63) is 23.8 Å². The first-order chi connectivity index (χ1) is 10.6. The largest absolute Gasteiger partial charge is 0.497 e. The van der Waals surface area contributed by atoms with Crippen LogP contribution in [0.4, 0.5) is 5.69 Å². The molecule has 0 spiro atoms. The third-order valence-corrected chi connectivity index (χ3v) is 5.17. The van der Waals surface area contributed by atoms with Crippen LogP contribution in [0, 0.1) is 6.92 Å². The highest BCUT2D eigenvalue weighted by molar-refractivity contribution is 8.23. The van der Waals surface area contributed by atoms with Gasteiger partial charge in [0.15, 0.2) is 0 Å². The molecule has 2 rings (SSSR count). The van der Waals surface area contributed by atoms with Crippen molar-refractivity contribution >= 4 is 39.9 Å². The van der Waals surface area contributed by atoms with E-state index in [1.54, 1.807) is 7.11 Å². The lowest BCUT2D eigenvalue weighted by Gasteiger charge is -2.28. The van der Waals surface area contributed by atoms with Gasteiger partial charge in [0, 0.05) is 18.8 Å². The molecule has 22 heavy (non-hydrogen) atoms. The number of carbonyl (C=O) groups excluding carboxylic acids is 1. The summed E-state index contributed by atoms with van der Waals surface area (Å²) in [6.45, 7) is 3.99. The van der Waals surface area contributed by atoms with E-state index in [1.807, 2.05) is 25.1 Å². The number of methoxy groups -OCH3 is 1. The molecule has 0 atom stereocenters. The van der Waals surface area contributed by atoms with Gasteiger partial charge in [0.1, 0.15) is 10.1 Å². The Hall–Kier alpha value is -1.27. The minimum Gasteiger partial charge on any atom is -0.497 e. The molecule has 1 aromatic carbocycles. The summed E-state index contributed by atoms with van der Waals surface area (Å²) >= 11 is 6.85. The van der Waals surface area contributed by atoms with Gasteiger partial charge in [-0.2, -0.15) is 0 Å².